The number of carboxylic acids is 1. The molecule has 0 heterocycles. The molecule has 21 heavy (non-hydrogen) atoms. The van der Waals surface area contributed by atoms with E-state index in [0.29, 0.717) is 12.1 Å². The Morgan fingerprint density at radius 2 is 2.19 bits per heavy atom. The van der Waals surface area contributed by atoms with E-state index in [9.17, 15) is 19.7 Å². The zero-order valence-corrected chi connectivity index (χ0v) is 11.2. The van der Waals surface area contributed by atoms with Crippen molar-refractivity contribution in [1.29, 1.82) is 0 Å². The van der Waals surface area contributed by atoms with Crippen molar-refractivity contribution in [3.8, 4) is 5.75 Å². The number of nitro groups is 1. The number of amides is 1. The summed E-state index contributed by atoms with van der Waals surface area (Å²) in [6.07, 6.45) is 2.17. The third-order valence-corrected chi connectivity index (χ3v) is 2.33. The molecule has 0 aliphatic rings. The van der Waals surface area contributed by atoms with Crippen molar-refractivity contribution in [1.82, 2.24) is 5.32 Å². The van der Waals surface area contributed by atoms with Crippen LogP contribution in [0.1, 0.15) is 12.5 Å². The van der Waals surface area contributed by atoms with Gasteiger partial charge in [-0.05, 0) is 30.7 Å². The number of carboxylic acid groups (broad SMARTS) is 1. The molecule has 0 aliphatic carbocycles. The summed E-state index contributed by atoms with van der Waals surface area (Å²) >= 11 is 0. The van der Waals surface area contributed by atoms with Crippen LogP contribution in [0.2, 0.25) is 0 Å². The lowest BCUT2D eigenvalue weighted by Crippen LogP contribution is -2.28. The predicted molar refractivity (Wildman–Crippen MR) is 73.9 cm³/mol. The van der Waals surface area contributed by atoms with E-state index in [1.54, 1.807) is 6.92 Å². The number of hydrogen-bond acceptors (Lipinski definition) is 5. The summed E-state index contributed by atoms with van der Waals surface area (Å²) in [6.45, 7) is 1.80. The summed E-state index contributed by atoms with van der Waals surface area (Å²) in [5.74, 6) is -1.64. The Morgan fingerprint density at radius 3 is 2.76 bits per heavy atom. The van der Waals surface area contributed by atoms with Crippen LogP contribution >= 0.6 is 0 Å². The van der Waals surface area contributed by atoms with Gasteiger partial charge in [-0.3, -0.25) is 14.9 Å². The van der Waals surface area contributed by atoms with Gasteiger partial charge in [0.15, 0.2) is 12.4 Å². The van der Waals surface area contributed by atoms with Crippen molar-refractivity contribution in [3.05, 3.63) is 40.0 Å². The van der Waals surface area contributed by atoms with Crippen molar-refractivity contribution in [2.24, 2.45) is 0 Å². The molecule has 0 radical (unpaired) electrons. The second-order valence-electron chi connectivity index (χ2n) is 3.90. The van der Waals surface area contributed by atoms with Crippen LogP contribution in [0.4, 0.5) is 5.69 Å². The second kappa shape index (κ2) is 7.63. The maximum Gasteiger partial charge on any atom is 0.328 e. The molecule has 0 aromatic heterocycles. The molecule has 1 aromatic carbocycles. The molecular formula is C13H14N2O6. The molecule has 0 unspecified atom stereocenters. The Bertz CT molecular complexity index is 582. The van der Waals surface area contributed by atoms with Crippen LogP contribution in [0.15, 0.2) is 24.3 Å². The fourth-order valence-electron chi connectivity index (χ4n) is 1.46. The van der Waals surface area contributed by atoms with Crippen LogP contribution in [0.25, 0.3) is 6.08 Å². The highest BCUT2D eigenvalue weighted by atomic mass is 16.6. The quantitative estimate of drug-likeness (QED) is 0.443. The van der Waals surface area contributed by atoms with Gasteiger partial charge >= 0.3 is 11.7 Å². The smallest absolute Gasteiger partial charge is 0.328 e. The standard InChI is InChI=1S/C13H14N2O6/c1-2-14-12(16)8-21-11-7-9(4-6-13(17)18)3-5-10(11)15(19)20/h3-7H,2,8H2,1H3,(H,14,16)(H,17,18). The van der Waals surface area contributed by atoms with E-state index in [-0.39, 0.29) is 18.0 Å². The zero-order chi connectivity index (χ0) is 15.8. The number of aliphatic carboxylic acids is 1. The summed E-state index contributed by atoms with van der Waals surface area (Å²) < 4.78 is 5.13. The molecule has 0 bridgehead atoms. The first-order valence-electron chi connectivity index (χ1n) is 6.03. The third-order valence-electron chi connectivity index (χ3n) is 2.33. The van der Waals surface area contributed by atoms with E-state index >= 15 is 0 Å². The lowest BCUT2D eigenvalue weighted by Gasteiger charge is -2.07. The second-order valence-corrected chi connectivity index (χ2v) is 3.90. The summed E-state index contributed by atoms with van der Waals surface area (Å²) in [4.78, 5) is 32.0. The fourth-order valence-corrected chi connectivity index (χ4v) is 1.46. The Balaban J connectivity index is 2.96. The van der Waals surface area contributed by atoms with Gasteiger partial charge in [-0.2, -0.15) is 0 Å². The van der Waals surface area contributed by atoms with Gasteiger partial charge in [0.25, 0.3) is 5.91 Å². The number of ether oxygens (including phenoxy) is 1. The Labute approximate surface area is 120 Å². The van der Waals surface area contributed by atoms with Crippen molar-refractivity contribution >= 4 is 23.6 Å². The van der Waals surface area contributed by atoms with Crippen LogP contribution in [-0.4, -0.2) is 35.1 Å². The number of hydrogen-bond donors (Lipinski definition) is 2. The normalized spacial score (nSPS) is 10.3. The van der Waals surface area contributed by atoms with Gasteiger partial charge in [0.1, 0.15) is 0 Å². The molecule has 8 nitrogen and oxygen atoms in total. The minimum absolute atomic E-state index is 0.0983. The minimum Gasteiger partial charge on any atom is -0.478 e. The molecular weight excluding hydrogens is 280 g/mol. The highest BCUT2D eigenvalue weighted by Gasteiger charge is 2.16. The summed E-state index contributed by atoms with van der Waals surface area (Å²) in [7, 11) is 0. The van der Waals surface area contributed by atoms with E-state index < -0.39 is 16.8 Å². The minimum atomic E-state index is -1.14. The number of benzene rings is 1. The molecule has 0 saturated heterocycles. The van der Waals surface area contributed by atoms with Gasteiger partial charge in [0, 0.05) is 18.7 Å². The summed E-state index contributed by atoms with van der Waals surface area (Å²) in [5.41, 5.74) is 0.112. The summed E-state index contributed by atoms with van der Waals surface area (Å²) in [5, 5.41) is 21.9. The Kier molecular flexibility index (Phi) is 5.87. The molecule has 0 fully saturated rings. The lowest BCUT2D eigenvalue weighted by molar-refractivity contribution is -0.385. The number of nitro benzene ring substituents is 1. The van der Waals surface area contributed by atoms with Gasteiger partial charge in [-0.1, -0.05) is 0 Å². The molecule has 0 spiro atoms. The molecule has 1 aromatic rings. The van der Waals surface area contributed by atoms with E-state index in [0.717, 1.165) is 6.08 Å². The SMILES string of the molecule is CCNC(=O)COc1cc(C=CC(=O)O)ccc1[N+](=O)[O-]. The largest absolute Gasteiger partial charge is 0.478 e. The number of carbonyl (C=O) groups is 2. The summed E-state index contributed by atoms with van der Waals surface area (Å²) in [6, 6.07) is 3.88. The van der Waals surface area contributed by atoms with Crippen molar-refractivity contribution < 1.29 is 24.4 Å². The van der Waals surface area contributed by atoms with Crippen LogP contribution in [-0.2, 0) is 9.59 Å². The topological polar surface area (TPSA) is 119 Å². The van der Waals surface area contributed by atoms with Gasteiger partial charge in [0.05, 0.1) is 4.92 Å². The number of carbonyl (C=O) groups excluding carboxylic acids is 1. The number of rotatable bonds is 7. The Morgan fingerprint density at radius 1 is 1.48 bits per heavy atom. The van der Waals surface area contributed by atoms with E-state index in [1.807, 2.05) is 0 Å². The van der Waals surface area contributed by atoms with E-state index in [1.165, 1.54) is 24.3 Å². The van der Waals surface area contributed by atoms with E-state index in [2.05, 4.69) is 5.32 Å². The van der Waals surface area contributed by atoms with Crippen molar-refractivity contribution in [2.45, 2.75) is 6.92 Å². The maximum absolute atomic E-state index is 11.3. The number of nitrogens with one attached hydrogen (secondary N) is 1. The molecule has 0 atom stereocenters. The lowest BCUT2D eigenvalue weighted by atomic mass is 10.1. The van der Waals surface area contributed by atoms with Crippen LogP contribution in [0.3, 0.4) is 0 Å². The van der Waals surface area contributed by atoms with Crippen molar-refractivity contribution in [3.63, 3.8) is 0 Å². The molecule has 1 amide bonds. The average molecular weight is 294 g/mol. The molecule has 8 heteroatoms. The number of nitrogens with zero attached hydrogens (tertiary/aromatic N) is 1. The van der Waals surface area contributed by atoms with Gasteiger partial charge in [-0.25, -0.2) is 4.79 Å². The first kappa shape index (κ1) is 16.2. The Hall–Kier alpha value is -2.90. The van der Waals surface area contributed by atoms with E-state index in [4.69, 9.17) is 9.84 Å². The molecule has 1 rings (SSSR count). The van der Waals surface area contributed by atoms with Crippen LogP contribution in [0, 0.1) is 10.1 Å². The molecule has 0 aliphatic heterocycles. The maximum atomic E-state index is 11.3. The average Bonchev–Trinajstić information content (AvgIpc) is 2.43. The van der Waals surface area contributed by atoms with Gasteiger partial charge in [0.2, 0.25) is 0 Å². The zero-order valence-electron chi connectivity index (χ0n) is 11.2. The highest BCUT2D eigenvalue weighted by molar-refractivity contribution is 5.85. The first-order valence-corrected chi connectivity index (χ1v) is 6.03. The molecule has 112 valence electrons. The van der Waals surface area contributed by atoms with Crippen molar-refractivity contribution in [2.75, 3.05) is 13.2 Å². The molecule has 0 saturated carbocycles. The highest BCUT2D eigenvalue weighted by Crippen LogP contribution is 2.28. The first-order chi connectivity index (χ1) is 9.93. The van der Waals surface area contributed by atoms with Crippen LogP contribution < -0.4 is 10.1 Å². The monoisotopic (exact) mass is 294 g/mol. The predicted octanol–water partition coefficient (Wildman–Crippen LogP) is 1.21. The fraction of sp³-hybridized carbons (Fsp3) is 0.231. The molecule has 2 N–H and O–H groups in total. The third kappa shape index (κ3) is 5.31. The van der Waals surface area contributed by atoms with Gasteiger partial charge < -0.3 is 15.2 Å². The number of likely N-dealkylation sites (N-methyl/N-ethyl adjacent to an activating group) is 1. The van der Waals surface area contributed by atoms with Gasteiger partial charge in [-0.15, -0.1) is 0 Å². The van der Waals surface area contributed by atoms with Crippen LogP contribution in [0.5, 0.6) is 5.75 Å².